The Bertz CT molecular complexity index is 896. The van der Waals surface area contributed by atoms with Gasteiger partial charge < -0.3 is 24.7 Å². The number of carbonyl (C=O) groups excluding carboxylic acids is 1. The van der Waals surface area contributed by atoms with E-state index in [2.05, 4.69) is 10.6 Å². The van der Waals surface area contributed by atoms with Gasteiger partial charge in [-0.15, -0.1) is 0 Å². The third-order valence-corrected chi connectivity index (χ3v) is 4.16. The van der Waals surface area contributed by atoms with E-state index in [-0.39, 0.29) is 17.0 Å². The van der Waals surface area contributed by atoms with Crippen LogP contribution in [0.25, 0.3) is 10.9 Å². The Morgan fingerprint density at radius 2 is 2.08 bits per heavy atom. The van der Waals surface area contributed by atoms with Crippen LogP contribution >= 0.6 is 0 Å². The van der Waals surface area contributed by atoms with Crippen molar-refractivity contribution in [2.45, 2.75) is 32.9 Å². The normalized spacial score (nSPS) is 14.8. The molecule has 26 heavy (non-hydrogen) atoms. The quantitative estimate of drug-likeness (QED) is 0.850. The van der Waals surface area contributed by atoms with E-state index in [4.69, 9.17) is 9.47 Å². The van der Waals surface area contributed by atoms with Gasteiger partial charge in [-0.05, 0) is 39.0 Å². The van der Waals surface area contributed by atoms with Crippen LogP contribution in [-0.2, 0) is 6.54 Å². The van der Waals surface area contributed by atoms with E-state index in [1.54, 1.807) is 23.8 Å². The highest BCUT2D eigenvalue weighted by Gasteiger charge is 2.23. The minimum atomic E-state index is -0.429. The number of methoxy groups -OCH3 is 1. The minimum Gasteiger partial charge on any atom is -0.493 e. The Labute approximate surface area is 152 Å². The molecule has 140 valence electrons. The first kappa shape index (κ1) is 18.3. The Kier molecular flexibility index (Phi) is 4.91. The molecule has 1 aliphatic heterocycles. The Hall–Kier alpha value is -2.54. The molecule has 0 spiro atoms. The number of benzene rings is 1. The van der Waals surface area contributed by atoms with Crippen LogP contribution in [0.2, 0.25) is 0 Å². The SMILES string of the molecule is COc1ccc2cc(C(=O)NC(C)(C)C)c(=O)n3c2c1OCCNCC3. The van der Waals surface area contributed by atoms with Gasteiger partial charge in [-0.25, -0.2) is 0 Å². The zero-order valence-electron chi connectivity index (χ0n) is 15.6. The molecule has 7 heteroatoms. The smallest absolute Gasteiger partial charge is 0.264 e. The highest BCUT2D eigenvalue weighted by molar-refractivity contribution is 5.99. The Morgan fingerprint density at radius 1 is 1.31 bits per heavy atom. The Balaban J connectivity index is 2.26. The maximum absolute atomic E-state index is 13.1. The van der Waals surface area contributed by atoms with Crippen molar-refractivity contribution in [2.24, 2.45) is 0 Å². The molecule has 7 nitrogen and oxygen atoms in total. The standard InChI is InChI=1S/C19H25N3O4/c1-19(2,3)21-17(23)13-11-12-5-6-14(25-4)16-15(12)22(18(13)24)9-7-20-8-10-26-16/h5-6,11,20H,7-10H2,1-4H3,(H,21,23). The summed E-state index contributed by atoms with van der Waals surface area (Å²) < 4.78 is 12.9. The average Bonchev–Trinajstić information content (AvgIpc) is 2.67. The maximum Gasteiger partial charge on any atom is 0.264 e. The molecule has 0 saturated carbocycles. The van der Waals surface area contributed by atoms with Gasteiger partial charge in [0.2, 0.25) is 0 Å². The lowest BCUT2D eigenvalue weighted by atomic mass is 10.1. The summed E-state index contributed by atoms with van der Waals surface area (Å²) in [6.07, 6.45) is 0. The molecule has 0 saturated heterocycles. The summed E-state index contributed by atoms with van der Waals surface area (Å²) >= 11 is 0. The fourth-order valence-electron chi connectivity index (χ4n) is 3.05. The number of amides is 1. The lowest BCUT2D eigenvalue weighted by Gasteiger charge is -2.21. The number of nitrogens with one attached hydrogen (secondary N) is 2. The summed E-state index contributed by atoms with van der Waals surface area (Å²) in [4.78, 5) is 25.7. The number of hydrogen-bond acceptors (Lipinski definition) is 5. The van der Waals surface area contributed by atoms with Crippen LogP contribution in [0.4, 0.5) is 0 Å². The molecule has 0 unspecified atom stereocenters. The van der Waals surface area contributed by atoms with Gasteiger partial charge in [-0.3, -0.25) is 9.59 Å². The Morgan fingerprint density at radius 3 is 2.77 bits per heavy atom. The van der Waals surface area contributed by atoms with Gasteiger partial charge in [0.15, 0.2) is 11.5 Å². The molecule has 0 fully saturated rings. The molecule has 3 rings (SSSR count). The lowest BCUT2D eigenvalue weighted by Crippen LogP contribution is -2.43. The number of pyridine rings is 1. The third-order valence-electron chi connectivity index (χ3n) is 4.16. The van der Waals surface area contributed by atoms with Gasteiger partial charge in [0.05, 0.1) is 12.6 Å². The molecule has 0 atom stereocenters. The topological polar surface area (TPSA) is 81.6 Å². The second kappa shape index (κ2) is 6.99. The number of rotatable bonds is 2. The van der Waals surface area contributed by atoms with Gasteiger partial charge in [-0.1, -0.05) is 0 Å². The molecular formula is C19H25N3O4. The highest BCUT2D eigenvalue weighted by Crippen LogP contribution is 2.35. The van der Waals surface area contributed by atoms with Gasteiger partial charge in [0, 0.05) is 30.6 Å². The molecule has 0 aliphatic carbocycles. The molecule has 1 aliphatic rings. The molecule has 2 N–H and O–H groups in total. The van der Waals surface area contributed by atoms with E-state index in [9.17, 15) is 9.59 Å². The van der Waals surface area contributed by atoms with E-state index in [0.29, 0.717) is 43.3 Å². The van der Waals surface area contributed by atoms with Gasteiger partial charge in [0.1, 0.15) is 12.2 Å². The second-order valence-corrected chi connectivity index (χ2v) is 7.35. The van der Waals surface area contributed by atoms with Crippen LogP contribution in [0.3, 0.4) is 0 Å². The van der Waals surface area contributed by atoms with Crippen LogP contribution in [0.15, 0.2) is 23.0 Å². The fraction of sp³-hybridized carbons (Fsp3) is 0.474. The predicted octanol–water partition coefficient (Wildman–Crippen LogP) is 1.52. The third kappa shape index (κ3) is 3.53. The molecule has 0 radical (unpaired) electrons. The van der Waals surface area contributed by atoms with E-state index >= 15 is 0 Å². The molecular weight excluding hydrogens is 334 g/mol. The molecule has 1 aromatic heterocycles. The average molecular weight is 359 g/mol. The van der Waals surface area contributed by atoms with Crippen molar-refractivity contribution < 1.29 is 14.3 Å². The van der Waals surface area contributed by atoms with Crippen LogP contribution in [0.1, 0.15) is 31.1 Å². The van der Waals surface area contributed by atoms with E-state index < -0.39 is 5.54 Å². The summed E-state index contributed by atoms with van der Waals surface area (Å²) in [7, 11) is 1.57. The zero-order chi connectivity index (χ0) is 18.9. The zero-order valence-corrected chi connectivity index (χ0v) is 15.6. The van der Waals surface area contributed by atoms with Crippen molar-refractivity contribution >= 4 is 16.8 Å². The minimum absolute atomic E-state index is 0.128. The molecule has 1 aromatic carbocycles. The monoisotopic (exact) mass is 359 g/mol. The van der Waals surface area contributed by atoms with Crippen LogP contribution in [0, 0.1) is 0 Å². The van der Waals surface area contributed by atoms with Crippen molar-refractivity contribution in [3.8, 4) is 11.5 Å². The summed E-state index contributed by atoms with van der Waals surface area (Å²) in [6.45, 7) is 7.83. The number of ether oxygens (including phenoxy) is 2. The van der Waals surface area contributed by atoms with Crippen molar-refractivity contribution in [3.05, 3.63) is 34.1 Å². The molecule has 2 aromatic rings. The number of nitrogens with zero attached hydrogens (tertiary/aromatic N) is 1. The number of aromatic nitrogens is 1. The first-order valence-corrected chi connectivity index (χ1v) is 8.72. The second-order valence-electron chi connectivity index (χ2n) is 7.35. The lowest BCUT2D eigenvalue weighted by molar-refractivity contribution is 0.0917. The van der Waals surface area contributed by atoms with Crippen molar-refractivity contribution in [1.82, 2.24) is 15.2 Å². The van der Waals surface area contributed by atoms with Crippen LogP contribution in [0.5, 0.6) is 11.5 Å². The van der Waals surface area contributed by atoms with Crippen LogP contribution in [-0.4, -0.2) is 42.8 Å². The first-order valence-electron chi connectivity index (χ1n) is 8.72. The summed E-state index contributed by atoms with van der Waals surface area (Å²) in [5.41, 5.74) is 0.0244. The van der Waals surface area contributed by atoms with Gasteiger partial charge in [-0.2, -0.15) is 0 Å². The van der Waals surface area contributed by atoms with Crippen molar-refractivity contribution in [3.63, 3.8) is 0 Å². The highest BCUT2D eigenvalue weighted by atomic mass is 16.5. The largest absolute Gasteiger partial charge is 0.493 e. The first-order chi connectivity index (χ1) is 12.3. The fourth-order valence-corrected chi connectivity index (χ4v) is 3.05. The van der Waals surface area contributed by atoms with E-state index in [1.807, 2.05) is 26.8 Å². The number of hydrogen-bond donors (Lipinski definition) is 2. The number of carbonyl (C=O) groups is 1. The maximum atomic E-state index is 13.1. The predicted molar refractivity (Wildman–Crippen MR) is 100 cm³/mol. The van der Waals surface area contributed by atoms with Gasteiger partial charge in [0.25, 0.3) is 11.5 Å². The summed E-state index contributed by atoms with van der Waals surface area (Å²) in [6, 6.07) is 5.27. The molecule has 0 bridgehead atoms. The van der Waals surface area contributed by atoms with Crippen molar-refractivity contribution in [2.75, 3.05) is 26.8 Å². The summed E-state index contributed by atoms with van der Waals surface area (Å²) in [5, 5.41) is 6.86. The summed E-state index contributed by atoms with van der Waals surface area (Å²) in [5.74, 6) is 0.729. The van der Waals surface area contributed by atoms with E-state index in [1.165, 1.54) is 0 Å². The van der Waals surface area contributed by atoms with Crippen molar-refractivity contribution in [1.29, 1.82) is 0 Å². The molecule has 2 heterocycles. The molecule has 1 amide bonds. The van der Waals surface area contributed by atoms with Gasteiger partial charge >= 0.3 is 0 Å². The van der Waals surface area contributed by atoms with E-state index in [0.717, 1.165) is 5.39 Å². The van der Waals surface area contributed by atoms with Crippen LogP contribution < -0.4 is 25.7 Å².